The number of hydrogen-bond acceptors (Lipinski definition) is 20. The molecule has 2 aromatic carbocycles. The average molecular weight is 905 g/mol. The topological polar surface area (TPSA) is 214 Å². The van der Waals surface area contributed by atoms with Crippen LogP contribution in [0.5, 0.6) is 23.0 Å². The Morgan fingerprint density at radius 3 is 1.42 bits per heavy atom. The Morgan fingerprint density at radius 2 is 0.925 bits per heavy atom. The lowest BCUT2D eigenvalue weighted by Crippen LogP contribution is -2.47. The highest BCUT2D eigenvalue weighted by atomic mass is 16.5. The Labute approximate surface area is 387 Å². The van der Waals surface area contributed by atoms with Crippen molar-refractivity contribution in [1.29, 1.82) is 0 Å². The van der Waals surface area contributed by atoms with Crippen LogP contribution in [0, 0.1) is 0 Å². The lowest BCUT2D eigenvalue weighted by atomic mass is 10.2. The van der Waals surface area contributed by atoms with E-state index >= 15 is 0 Å². The average Bonchev–Trinajstić information content (AvgIpc) is 3.39. The number of aromatic hydroxyl groups is 1. The summed E-state index contributed by atoms with van der Waals surface area (Å²) in [7, 11) is 4.78. The fourth-order valence-electron chi connectivity index (χ4n) is 7.64. The predicted molar refractivity (Wildman–Crippen MR) is 260 cm³/mol. The van der Waals surface area contributed by atoms with Crippen molar-refractivity contribution in [2.75, 3.05) is 104 Å². The molecule has 0 bridgehead atoms. The van der Waals surface area contributed by atoms with E-state index in [1.165, 1.54) is 13.4 Å². The molecule has 8 heterocycles. The highest BCUT2D eigenvalue weighted by Crippen LogP contribution is 2.36. The van der Waals surface area contributed by atoms with Crippen LogP contribution in [0.15, 0.2) is 111 Å². The maximum Gasteiger partial charge on any atom is 0.225 e. The Morgan fingerprint density at radius 1 is 0.463 bits per heavy atom. The van der Waals surface area contributed by atoms with E-state index in [-0.39, 0.29) is 5.75 Å². The summed E-state index contributed by atoms with van der Waals surface area (Å²) in [5, 5.41) is 18.3. The van der Waals surface area contributed by atoms with E-state index in [9.17, 15) is 5.11 Å². The second-order valence-corrected chi connectivity index (χ2v) is 14.9. The van der Waals surface area contributed by atoms with Crippen LogP contribution >= 0.6 is 0 Å². The maximum atomic E-state index is 10.0. The van der Waals surface area contributed by atoms with Gasteiger partial charge in [0.25, 0.3) is 0 Å². The third-order valence-electron chi connectivity index (χ3n) is 11.0. The third-order valence-corrected chi connectivity index (χ3v) is 11.0. The SMILES string of the molecule is CC.COc1cc2c(N3CCN(c4ncc(Nc5ccncc5)cn4)CC3)ncnc2cc1O.COc1cc2ncnc(N3CCN(c4ncc(Nc5cccnc5)cn4)CC3)c2cc1OC. The fourth-order valence-corrected chi connectivity index (χ4v) is 7.64. The maximum absolute atomic E-state index is 10.0. The van der Waals surface area contributed by atoms with Crippen LogP contribution in [-0.4, -0.2) is 129 Å². The molecular formula is C47H52N16O4. The molecule has 0 radical (unpaired) electrons. The summed E-state index contributed by atoms with van der Waals surface area (Å²) in [4.78, 5) is 52.8. The number of rotatable bonds is 11. The normalized spacial score (nSPS) is 13.5. The van der Waals surface area contributed by atoms with Gasteiger partial charge in [0.15, 0.2) is 23.0 Å². The largest absolute Gasteiger partial charge is 0.504 e. The number of nitrogens with zero attached hydrogens (tertiary/aromatic N) is 14. The van der Waals surface area contributed by atoms with Crippen molar-refractivity contribution in [1.82, 2.24) is 49.8 Å². The van der Waals surface area contributed by atoms with E-state index in [0.717, 1.165) is 103 Å². The number of phenols is 1. The van der Waals surface area contributed by atoms with Gasteiger partial charge in [-0.2, -0.15) is 0 Å². The van der Waals surface area contributed by atoms with Crippen LogP contribution in [0.2, 0.25) is 0 Å². The van der Waals surface area contributed by atoms with Gasteiger partial charge >= 0.3 is 0 Å². The Bertz CT molecular complexity index is 2830. The number of aromatic nitrogens is 10. The van der Waals surface area contributed by atoms with Crippen LogP contribution in [0.3, 0.4) is 0 Å². The number of pyridine rings is 2. The smallest absolute Gasteiger partial charge is 0.225 e. The number of phenolic OH excluding ortho intramolecular Hbond substituents is 1. The summed E-state index contributed by atoms with van der Waals surface area (Å²) < 4.78 is 16.1. The first kappa shape index (κ1) is 45.2. The second kappa shape index (κ2) is 21.5. The Kier molecular flexibility index (Phi) is 14.5. The van der Waals surface area contributed by atoms with E-state index in [0.29, 0.717) is 34.7 Å². The van der Waals surface area contributed by atoms with Crippen LogP contribution in [-0.2, 0) is 0 Å². The molecule has 344 valence electrons. The number of nitrogens with one attached hydrogen (secondary N) is 2. The number of fused-ring (bicyclic) bond motifs is 2. The fraction of sp³-hybridized carbons (Fsp3) is 0.277. The molecule has 2 aliphatic rings. The van der Waals surface area contributed by atoms with Gasteiger partial charge < -0.3 is 49.6 Å². The molecule has 0 saturated carbocycles. The summed E-state index contributed by atoms with van der Waals surface area (Å²) in [6.07, 6.45) is 17.2. The van der Waals surface area contributed by atoms with Gasteiger partial charge in [-0.05, 0) is 36.4 Å². The number of hydrogen-bond donors (Lipinski definition) is 3. The molecule has 3 N–H and O–H groups in total. The number of benzene rings is 2. The van der Waals surface area contributed by atoms with E-state index in [1.807, 2.05) is 50.2 Å². The molecule has 20 heteroatoms. The minimum Gasteiger partial charge on any atom is -0.504 e. The highest BCUT2D eigenvalue weighted by molar-refractivity contribution is 5.93. The quantitative estimate of drug-likeness (QED) is 0.126. The molecule has 67 heavy (non-hydrogen) atoms. The van der Waals surface area contributed by atoms with Crippen molar-refractivity contribution in [2.45, 2.75) is 13.8 Å². The summed E-state index contributed by atoms with van der Waals surface area (Å²) in [5.41, 5.74) is 4.97. The molecule has 0 amide bonds. The minimum absolute atomic E-state index is 0.0634. The predicted octanol–water partition coefficient (Wildman–Crippen LogP) is 6.53. The first-order chi connectivity index (χ1) is 33.0. The molecule has 0 spiro atoms. The minimum atomic E-state index is 0.0634. The van der Waals surface area contributed by atoms with Gasteiger partial charge in [-0.1, -0.05) is 13.8 Å². The molecule has 6 aromatic heterocycles. The van der Waals surface area contributed by atoms with Gasteiger partial charge in [0.1, 0.15) is 24.3 Å². The summed E-state index contributed by atoms with van der Waals surface area (Å²) in [5.74, 6) is 4.90. The van der Waals surface area contributed by atoms with E-state index in [2.05, 4.69) is 80.1 Å². The molecule has 0 unspecified atom stereocenters. The lowest BCUT2D eigenvalue weighted by molar-refractivity contribution is 0.356. The van der Waals surface area contributed by atoms with E-state index < -0.39 is 0 Å². The first-order valence-corrected chi connectivity index (χ1v) is 21.8. The standard InChI is InChI=1S/C23H24N8O2.C22H22N8O2.C2H6/c1-32-20-10-18-19(11-21(20)33-2)27-15-28-22(18)30-6-8-31(9-7-30)23-25-13-17(14-26-23)29-16-4-3-5-24-12-16;1-32-20-10-17-18(11-19(20)31)26-14-27-21(17)29-6-8-30(9-7-29)22-24-12-16(13-25-22)28-15-2-4-23-5-3-15;1-2/h3-5,10-15,29H,6-9H2,1-2H3;2-5,10-14,31H,6-9H2,1H3,(H,23,28);1-2H3. The van der Waals surface area contributed by atoms with Crippen LogP contribution in [0.1, 0.15) is 13.8 Å². The number of piperazine rings is 2. The highest BCUT2D eigenvalue weighted by Gasteiger charge is 2.24. The van der Waals surface area contributed by atoms with Crippen molar-refractivity contribution in [3.05, 3.63) is 111 Å². The van der Waals surface area contributed by atoms with Gasteiger partial charge in [0, 0.05) is 99.5 Å². The number of methoxy groups -OCH3 is 3. The zero-order valence-electron chi connectivity index (χ0n) is 38.0. The monoisotopic (exact) mass is 904 g/mol. The summed E-state index contributed by atoms with van der Waals surface area (Å²) in [6, 6.07) is 14.8. The molecule has 8 aromatic rings. The van der Waals surface area contributed by atoms with Crippen molar-refractivity contribution in [3.63, 3.8) is 0 Å². The van der Waals surface area contributed by atoms with Gasteiger partial charge in [0.2, 0.25) is 11.9 Å². The van der Waals surface area contributed by atoms with Gasteiger partial charge in [-0.3, -0.25) is 9.97 Å². The molecule has 2 saturated heterocycles. The molecular weight excluding hydrogens is 853 g/mol. The Balaban J connectivity index is 0.000000175. The number of anilines is 8. The molecule has 10 rings (SSSR count). The Hall–Kier alpha value is -8.42. The molecule has 2 fully saturated rings. The number of ether oxygens (including phenoxy) is 3. The van der Waals surface area contributed by atoms with Gasteiger partial charge in [0.05, 0.1) is 80.4 Å². The summed E-state index contributed by atoms with van der Waals surface area (Å²) in [6.45, 7) is 10.2. The molecule has 2 aliphatic heterocycles. The van der Waals surface area contributed by atoms with Crippen molar-refractivity contribution >= 4 is 68.1 Å². The molecule has 20 nitrogen and oxygen atoms in total. The molecule has 0 aliphatic carbocycles. The first-order valence-electron chi connectivity index (χ1n) is 21.8. The van der Waals surface area contributed by atoms with Crippen LogP contribution < -0.4 is 44.4 Å². The van der Waals surface area contributed by atoms with Crippen molar-refractivity contribution in [3.8, 4) is 23.0 Å². The van der Waals surface area contributed by atoms with Crippen molar-refractivity contribution in [2.24, 2.45) is 0 Å². The van der Waals surface area contributed by atoms with Crippen LogP contribution in [0.4, 0.5) is 46.3 Å². The second-order valence-electron chi connectivity index (χ2n) is 14.9. The van der Waals surface area contributed by atoms with Crippen molar-refractivity contribution < 1.29 is 19.3 Å². The zero-order valence-corrected chi connectivity index (χ0v) is 38.0. The van der Waals surface area contributed by atoms with Crippen LogP contribution in [0.25, 0.3) is 21.8 Å². The third kappa shape index (κ3) is 10.6. The zero-order chi connectivity index (χ0) is 46.5. The molecule has 0 atom stereocenters. The van der Waals surface area contributed by atoms with Gasteiger partial charge in [-0.15, -0.1) is 0 Å². The van der Waals surface area contributed by atoms with E-state index in [1.54, 1.807) is 82.3 Å². The lowest BCUT2D eigenvalue weighted by Gasteiger charge is -2.35. The van der Waals surface area contributed by atoms with Gasteiger partial charge in [-0.25, -0.2) is 39.9 Å². The summed E-state index contributed by atoms with van der Waals surface area (Å²) >= 11 is 0. The van der Waals surface area contributed by atoms with E-state index in [4.69, 9.17) is 14.2 Å².